The zero-order valence-corrected chi connectivity index (χ0v) is 11.5. The number of nitrogens with one attached hydrogen (secondary N) is 1. The number of hydrogen-bond acceptors (Lipinski definition) is 2. The van der Waals surface area contributed by atoms with Crippen molar-refractivity contribution in [1.82, 2.24) is 4.98 Å². The first kappa shape index (κ1) is 15.1. The number of fused-ring (bicyclic) bond motifs is 1. The van der Waals surface area contributed by atoms with Gasteiger partial charge in [0.25, 0.3) is 0 Å². The molecule has 3 nitrogen and oxygen atoms in total. The van der Waals surface area contributed by atoms with Crippen molar-refractivity contribution < 1.29 is 22.7 Å². The number of benzene rings is 2. The molecule has 3 aromatic rings. The first-order valence-corrected chi connectivity index (χ1v) is 6.56. The van der Waals surface area contributed by atoms with Crippen molar-refractivity contribution in [3.05, 3.63) is 59.4 Å². The number of aromatic amines is 1. The molecule has 0 aliphatic rings. The number of aliphatic imine (C=N–C) groups is 1. The SMILES string of the molecule is Oc1[nH]c2ccc(F)cc2c1C=Nc1cccc(C(F)(F)F)c1. The Labute approximate surface area is 127 Å². The Morgan fingerprint density at radius 3 is 2.61 bits per heavy atom. The minimum atomic E-state index is -4.46. The number of hydrogen-bond donors (Lipinski definition) is 2. The Balaban J connectivity index is 2.01. The molecule has 1 aromatic heterocycles. The lowest BCUT2D eigenvalue weighted by atomic mass is 10.1. The summed E-state index contributed by atoms with van der Waals surface area (Å²) in [5.41, 5.74) is -0.0439. The smallest absolute Gasteiger partial charge is 0.416 e. The fourth-order valence-electron chi connectivity index (χ4n) is 2.20. The van der Waals surface area contributed by atoms with E-state index in [1.165, 1.54) is 36.5 Å². The van der Waals surface area contributed by atoms with Crippen molar-refractivity contribution in [1.29, 1.82) is 0 Å². The van der Waals surface area contributed by atoms with E-state index in [1.54, 1.807) is 0 Å². The standard InChI is InChI=1S/C16H10F4N2O/c17-10-4-5-14-12(7-10)13(15(23)22-14)8-21-11-3-1-2-9(6-11)16(18,19)20/h1-8,22-23H. The minimum absolute atomic E-state index is 0.0741. The molecule has 0 aliphatic heterocycles. The van der Waals surface area contributed by atoms with Gasteiger partial charge in [0.05, 0.1) is 16.8 Å². The van der Waals surface area contributed by atoms with Crippen LogP contribution in [0.1, 0.15) is 11.1 Å². The second kappa shape index (κ2) is 5.42. The highest BCUT2D eigenvalue weighted by atomic mass is 19.4. The van der Waals surface area contributed by atoms with Gasteiger partial charge in [-0.1, -0.05) is 6.07 Å². The summed E-state index contributed by atoms with van der Waals surface area (Å²) < 4.78 is 51.3. The third kappa shape index (κ3) is 3.03. The van der Waals surface area contributed by atoms with E-state index in [1.807, 2.05) is 0 Å². The number of halogens is 4. The summed E-state index contributed by atoms with van der Waals surface area (Å²) in [6, 6.07) is 8.36. The van der Waals surface area contributed by atoms with Crippen LogP contribution in [0.25, 0.3) is 10.9 Å². The normalized spacial score (nSPS) is 12.3. The second-order valence-electron chi connectivity index (χ2n) is 4.88. The molecule has 23 heavy (non-hydrogen) atoms. The molecule has 0 amide bonds. The largest absolute Gasteiger partial charge is 0.494 e. The Morgan fingerprint density at radius 2 is 1.87 bits per heavy atom. The molecule has 0 saturated heterocycles. The fraction of sp³-hybridized carbons (Fsp3) is 0.0625. The number of aromatic hydroxyl groups is 1. The van der Waals surface area contributed by atoms with E-state index in [9.17, 15) is 22.7 Å². The number of rotatable bonds is 2. The topological polar surface area (TPSA) is 48.4 Å². The molecule has 0 atom stereocenters. The van der Waals surface area contributed by atoms with Crippen LogP contribution in [0.3, 0.4) is 0 Å². The van der Waals surface area contributed by atoms with Crippen molar-refractivity contribution in [2.45, 2.75) is 6.18 Å². The van der Waals surface area contributed by atoms with E-state index in [0.717, 1.165) is 12.1 Å². The van der Waals surface area contributed by atoms with Crippen molar-refractivity contribution in [3.63, 3.8) is 0 Å². The maximum Gasteiger partial charge on any atom is 0.416 e. The summed E-state index contributed by atoms with van der Waals surface area (Å²) >= 11 is 0. The third-order valence-electron chi connectivity index (χ3n) is 3.30. The van der Waals surface area contributed by atoms with Gasteiger partial charge in [0.15, 0.2) is 5.88 Å². The summed E-state index contributed by atoms with van der Waals surface area (Å²) in [4.78, 5) is 6.58. The van der Waals surface area contributed by atoms with Gasteiger partial charge in [-0.3, -0.25) is 4.99 Å². The maximum atomic E-state index is 13.3. The molecule has 7 heteroatoms. The third-order valence-corrected chi connectivity index (χ3v) is 3.30. The molecule has 0 radical (unpaired) electrons. The monoisotopic (exact) mass is 322 g/mol. The molecule has 0 saturated carbocycles. The molecular formula is C16H10F4N2O. The summed E-state index contributed by atoms with van der Waals surface area (Å²) in [5, 5.41) is 10.2. The van der Waals surface area contributed by atoms with Gasteiger partial charge in [-0.15, -0.1) is 0 Å². The molecule has 0 bridgehead atoms. The number of aromatic nitrogens is 1. The molecule has 0 spiro atoms. The summed E-state index contributed by atoms with van der Waals surface area (Å²) in [5.74, 6) is -0.730. The average molecular weight is 322 g/mol. The predicted octanol–water partition coefficient (Wildman–Crippen LogP) is 4.78. The number of nitrogens with zero attached hydrogens (tertiary/aromatic N) is 1. The van der Waals surface area contributed by atoms with Crippen molar-refractivity contribution in [3.8, 4) is 5.88 Å². The molecule has 118 valence electrons. The fourth-order valence-corrected chi connectivity index (χ4v) is 2.20. The molecule has 0 fully saturated rings. The minimum Gasteiger partial charge on any atom is -0.494 e. The van der Waals surface area contributed by atoms with Crippen LogP contribution in [-0.4, -0.2) is 16.3 Å². The van der Waals surface area contributed by atoms with Gasteiger partial charge in [0.2, 0.25) is 0 Å². The molecular weight excluding hydrogens is 312 g/mol. The quantitative estimate of drug-likeness (QED) is 0.517. The Kier molecular flexibility index (Phi) is 3.55. The molecule has 3 rings (SSSR count). The molecule has 0 unspecified atom stereocenters. The highest BCUT2D eigenvalue weighted by Crippen LogP contribution is 2.32. The molecule has 0 aliphatic carbocycles. The van der Waals surface area contributed by atoms with Crippen molar-refractivity contribution in [2.75, 3.05) is 0 Å². The molecule has 2 N–H and O–H groups in total. The number of alkyl halides is 3. The Bertz CT molecular complexity index is 897. The Morgan fingerprint density at radius 1 is 1.09 bits per heavy atom. The average Bonchev–Trinajstić information content (AvgIpc) is 2.79. The van der Waals surface area contributed by atoms with Gasteiger partial charge in [0.1, 0.15) is 5.82 Å². The lowest BCUT2D eigenvalue weighted by Gasteiger charge is -2.06. The number of H-pyrrole nitrogens is 1. The molecule has 2 aromatic carbocycles. The van der Waals surface area contributed by atoms with Crippen LogP contribution < -0.4 is 0 Å². The highest BCUT2D eigenvalue weighted by molar-refractivity contribution is 6.02. The van der Waals surface area contributed by atoms with Gasteiger partial charge >= 0.3 is 6.18 Å². The first-order valence-electron chi connectivity index (χ1n) is 6.56. The van der Waals surface area contributed by atoms with E-state index >= 15 is 0 Å². The van der Waals surface area contributed by atoms with Gasteiger partial charge in [0, 0.05) is 17.1 Å². The van der Waals surface area contributed by atoms with E-state index in [4.69, 9.17) is 0 Å². The van der Waals surface area contributed by atoms with Crippen LogP contribution >= 0.6 is 0 Å². The molecule has 1 heterocycles. The lowest BCUT2D eigenvalue weighted by Crippen LogP contribution is -2.03. The zero-order valence-electron chi connectivity index (χ0n) is 11.5. The lowest BCUT2D eigenvalue weighted by molar-refractivity contribution is -0.137. The van der Waals surface area contributed by atoms with Gasteiger partial charge in [-0.2, -0.15) is 13.2 Å². The highest BCUT2D eigenvalue weighted by Gasteiger charge is 2.30. The van der Waals surface area contributed by atoms with Gasteiger partial charge in [-0.25, -0.2) is 4.39 Å². The summed E-state index contributed by atoms with van der Waals surface area (Å²) in [6.45, 7) is 0. The van der Waals surface area contributed by atoms with E-state index in [-0.39, 0.29) is 17.1 Å². The van der Waals surface area contributed by atoms with Crippen LogP contribution in [0.15, 0.2) is 47.5 Å². The maximum absolute atomic E-state index is 13.3. The summed E-state index contributed by atoms with van der Waals surface area (Å²) in [7, 11) is 0. The van der Waals surface area contributed by atoms with Gasteiger partial charge in [-0.05, 0) is 36.4 Å². The van der Waals surface area contributed by atoms with E-state index in [2.05, 4.69) is 9.98 Å². The Hall–Kier alpha value is -2.83. The van der Waals surface area contributed by atoms with Crippen LogP contribution in [0, 0.1) is 5.82 Å². The summed E-state index contributed by atoms with van der Waals surface area (Å²) in [6.07, 6.45) is -3.26. The predicted molar refractivity (Wildman–Crippen MR) is 78.6 cm³/mol. The van der Waals surface area contributed by atoms with Crippen LogP contribution in [0.5, 0.6) is 5.88 Å². The van der Waals surface area contributed by atoms with Gasteiger partial charge < -0.3 is 10.1 Å². The van der Waals surface area contributed by atoms with Crippen LogP contribution in [-0.2, 0) is 6.18 Å². The van der Waals surface area contributed by atoms with E-state index in [0.29, 0.717) is 10.9 Å². The van der Waals surface area contributed by atoms with Crippen LogP contribution in [0.2, 0.25) is 0 Å². The van der Waals surface area contributed by atoms with Crippen molar-refractivity contribution in [2.24, 2.45) is 4.99 Å². The zero-order chi connectivity index (χ0) is 16.6. The van der Waals surface area contributed by atoms with E-state index < -0.39 is 17.6 Å². The van der Waals surface area contributed by atoms with Crippen LogP contribution in [0.4, 0.5) is 23.2 Å². The first-order chi connectivity index (χ1) is 10.8. The second-order valence-corrected chi connectivity index (χ2v) is 4.88. The van der Waals surface area contributed by atoms with Crippen molar-refractivity contribution >= 4 is 22.8 Å².